The average Bonchev–Trinajstić information content (AvgIpc) is 3.43. The van der Waals surface area contributed by atoms with Crippen molar-refractivity contribution in [2.75, 3.05) is 5.73 Å². The minimum absolute atomic E-state index is 0.0646. The van der Waals surface area contributed by atoms with Crippen molar-refractivity contribution in [3.05, 3.63) is 94.7 Å². The fourth-order valence-corrected chi connectivity index (χ4v) is 4.19. The molecule has 4 aromatic heterocycles. The van der Waals surface area contributed by atoms with E-state index in [1.807, 2.05) is 54.0 Å². The Morgan fingerprint density at radius 3 is 2.61 bits per heavy atom. The summed E-state index contributed by atoms with van der Waals surface area (Å²) in [6.45, 7) is 2.93. The fraction of sp³-hybridized carbons (Fsp3) is 0.148. The van der Waals surface area contributed by atoms with Crippen molar-refractivity contribution in [2.45, 2.75) is 26.4 Å². The number of carbonyl (C=O) groups is 1. The van der Waals surface area contributed by atoms with E-state index in [1.54, 1.807) is 30.9 Å². The van der Waals surface area contributed by atoms with Gasteiger partial charge >= 0.3 is 0 Å². The number of hydrogen-bond donors (Lipinski definition) is 3. The third-order valence-electron chi connectivity index (χ3n) is 6.03. The number of aromatic amines is 1. The first kappa shape index (κ1) is 23.0. The van der Waals surface area contributed by atoms with Crippen molar-refractivity contribution in [3.8, 4) is 22.6 Å². The number of aryl methyl sites for hydroxylation is 1. The maximum atomic E-state index is 13.2. The minimum atomic E-state index is -0.214. The smallest absolute Gasteiger partial charge is 0.224 e. The summed E-state index contributed by atoms with van der Waals surface area (Å²) in [5.74, 6) is 0.693. The molecule has 5 aromatic rings. The first-order chi connectivity index (χ1) is 17.5. The Balaban J connectivity index is 1.39. The third-order valence-corrected chi connectivity index (χ3v) is 6.03. The van der Waals surface area contributed by atoms with E-state index in [9.17, 15) is 9.59 Å². The second kappa shape index (κ2) is 9.83. The molecule has 9 nitrogen and oxygen atoms in total. The molecule has 0 unspecified atom stereocenters. The third kappa shape index (κ3) is 4.46. The van der Waals surface area contributed by atoms with Crippen LogP contribution < -0.4 is 16.5 Å². The number of nitrogen functional groups attached to an aromatic ring is 1. The molecule has 1 amide bonds. The van der Waals surface area contributed by atoms with Gasteiger partial charge in [0.05, 0.1) is 17.5 Å². The number of fused-ring (bicyclic) bond motifs is 1. The van der Waals surface area contributed by atoms with Crippen LogP contribution in [-0.2, 0) is 24.3 Å². The van der Waals surface area contributed by atoms with Crippen LogP contribution in [0, 0.1) is 0 Å². The Morgan fingerprint density at radius 1 is 1.08 bits per heavy atom. The quantitative estimate of drug-likeness (QED) is 0.328. The van der Waals surface area contributed by atoms with Crippen molar-refractivity contribution < 1.29 is 4.79 Å². The van der Waals surface area contributed by atoms with Crippen LogP contribution in [0.15, 0.2) is 78.1 Å². The first-order valence-corrected chi connectivity index (χ1v) is 11.6. The largest absolute Gasteiger partial charge is 0.384 e. The minimum Gasteiger partial charge on any atom is -0.384 e. The van der Waals surface area contributed by atoms with Gasteiger partial charge < -0.3 is 20.6 Å². The lowest BCUT2D eigenvalue weighted by molar-refractivity contribution is -0.120. The zero-order chi connectivity index (χ0) is 25.1. The molecule has 0 atom stereocenters. The van der Waals surface area contributed by atoms with Crippen LogP contribution in [0.1, 0.15) is 18.1 Å². The summed E-state index contributed by atoms with van der Waals surface area (Å²) in [6.07, 6.45) is 6.95. The molecule has 180 valence electrons. The molecule has 0 aliphatic rings. The van der Waals surface area contributed by atoms with Gasteiger partial charge in [0.2, 0.25) is 11.3 Å². The number of amides is 1. The molecule has 4 heterocycles. The van der Waals surface area contributed by atoms with Crippen molar-refractivity contribution in [1.29, 1.82) is 0 Å². The Bertz CT molecular complexity index is 1580. The lowest BCUT2D eigenvalue weighted by Gasteiger charge is -2.15. The molecule has 1 aromatic carbocycles. The van der Waals surface area contributed by atoms with E-state index in [0.29, 0.717) is 47.0 Å². The molecule has 0 radical (unpaired) electrons. The molecule has 4 N–H and O–H groups in total. The van der Waals surface area contributed by atoms with E-state index < -0.39 is 0 Å². The molecule has 0 saturated heterocycles. The molecule has 5 rings (SSSR count). The fourth-order valence-electron chi connectivity index (χ4n) is 4.19. The number of hydrogen-bond acceptors (Lipinski definition) is 6. The van der Waals surface area contributed by atoms with E-state index >= 15 is 0 Å². The maximum absolute atomic E-state index is 13.2. The van der Waals surface area contributed by atoms with Crippen LogP contribution in [0.2, 0.25) is 0 Å². The van der Waals surface area contributed by atoms with Gasteiger partial charge in [0.1, 0.15) is 22.9 Å². The number of rotatable bonds is 7. The summed E-state index contributed by atoms with van der Waals surface area (Å²) < 4.78 is 1.82. The van der Waals surface area contributed by atoms with E-state index in [-0.39, 0.29) is 17.8 Å². The number of H-pyrrole nitrogens is 1. The van der Waals surface area contributed by atoms with Gasteiger partial charge in [0.25, 0.3) is 0 Å². The van der Waals surface area contributed by atoms with E-state index in [4.69, 9.17) is 10.7 Å². The molecule has 0 fully saturated rings. The second-order valence-electron chi connectivity index (χ2n) is 8.35. The highest BCUT2D eigenvalue weighted by molar-refractivity contribution is 5.87. The average molecular weight is 480 g/mol. The summed E-state index contributed by atoms with van der Waals surface area (Å²) in [5.41, 5.74) is 10.5. The van der Waals surface area contributed by atoms with Gasteiger partial charge in [0.15, 0.2) is 0 Å². The highest BCUT2D eigenvalue weighted by Crippen LogP contribution is 2.26. The molecule has 0 aliphatic carbocycles. The van der Waals surface area contributed by atoms with Gasteiger partial charge in [-0.25, -0.2) is 9.97 Å². The Labute approximate surface area is 207 Å². The standard InChI is InChI=1S/C27H25N7O2/c1-2-34-25(28)23(26-30-12-13-31-26)24(36)20-9-10-21(33-27(20)34)19-7-5-17(6-8-19)14-22(35)32-16-18-4-3-11-29-15-18/h3-13,15H,2,14,16,28H2,1H3,(H,30,31)(H,32,35). The SMILES string of the molecule is CCn1c(N)c(-c2ncc[nH]2)c(=O)c2ccc(-c3ccc(CC(=O)NCc4cccnc4)cc3)nc21. The van der Waals surface area contributed by atoms with Crippen molar-refractivity contribution >= 4 is 22.8 Å². The number of nitrogens with zero attached hydrogens (tertiary/aromatic N) is 4. The number of pyridine rings is 3. The molecule has 0 spiro atoms. The zero-order valence-electron chi connectivity index (χ0n) is 19.7. The van der Waals surface area contributed by atoms with Crippen molar-refractivity contribution in [3.63, 3.8) is 0 Å². The lowest BCUT2D eigenvalue weighted by Crippen LogP contribution is -2.24. The Morgan fingerprint density at radius 2 is 1.92 bits per heavy atom. The van der Waals surface area contributed by atoms with E-state index in [2.05, 4.69) is 20.3 Å². The zero-order valence-corrected chi connectivity index (χ0v) is 19.7. The summed E-state index contributed by atoms with van der Waals surface area (Å²) >= 11 is 0. The van der Waals surface area contributed by atoms with Gasteiger partial charge in [-0.2, -0.15) is 0 Å². The number of nitrogens with one attached hydrogen (secondary N) is 2. The topological polar surface area (TPSA) is 132 Å². The molecular formula is C27H25N7O2. The number of aromatic nitrogens is 5. The predicted molar refractivity (Wildman–Crippen MR) is 139 cm³/mol. The predicted octanol–water partition coefficient (Wildman–Crippen LogP) is 3.31. The van der Waals surface area contributed by atoms with Crippen molar-refractivity contribution in [1.82, 2.24) is 29.8 Å². The highest BCUT2D eigenvalue weighted by atomic mass is 16.1. The van der Waals surface area contributed by atoms with Gasteiger partial charge in [0, 0.05) is 43.4 Å². The molecular weight excluding hydrogens is 454 g/mol. The van der Waals surface area contributed by atoms with E-state index in [0.717, 1.165) is 16.7 Å². The lowest BCUT2D eigenvalue weighted by atomic mass is 10.1. The van der Waals surface area contributed by atoms with Gasteiger partial charge in [-0.15, -0.1) is 0 Å². The van der Waals surface area contributed by atoms with Crippen LogP contribution in [0.4, 0.5) is 5.82 Å². The highest BCUT2D eigenvalue weighted by Gasteiger charge is 2.19. The summed E-state index contributed by atoms with van der Waals surface area (Å²) in [4.78, 5) is 41.6. The monoisotopic (exact) mass is 479 g/mol. The van der Waals surface area contributed by atoms with Crippen LogP contribution in [0.25, 0.3) is 33.7 Å². The molecule has 0 saturated carbocycles. The summed E-state index contributed by atoms with van der Waals surface area (Å²) in [7, 11) is 0. The summed E-state index contributed by atoms with van der Waals surface area (Å²) in [6, 6.07) is 15.0. The summed E-state index contributed by atoms with van der Waals surface area (Å²) in [5, 5.41) is 3.38. The number of carbonyl (C=O) groups excluding carboxylic acids is 1. The van der Waals surface area contributed by atoms with E-state index in [1.165, 1.54) is 0 Å². The molecule has 0 aliphatic heterocycles. The van der Waals surface area contributed by atoms with Gasteiger partial charge in [-0.3, -0.25) is 14.6 Å². The van der Waals surface area contributed by atoms with Crippen LogP contribution >= 0.6 is 0 Å². The normalized spacial score (nSPS) is 11.0. The van der Waals surface area contributed by atoms with Crippen LogP contribution in [-0.4, -0.2) is 30.4 Å². The maximum Gasteiger partial charge on any atom is 0.224 e. The number of anilines is 1. The Kier molecular flexibility index (Phi) is 6.27. The first-order valence-electron chi connectivity index (χ1n) is 11.6. The number of nitrogens with two attached hydrogens (primary N) is 1. The van der Waals surface area contributed by atoms with Crippen molar-refractivity contribution in [2.24, 2.45) is 0 Å². The second-order valence-corrected chi connectivity index (χ2v) is 8.35. The molecule has 36 heavy (non-hydrogen) atoms. The van der Waals surface area contributed by atoms with Gasteiger partial charge in [-0.1, -0.05) is 30.3 Å². The Hall–Kier alpha value is -4.79. The van der Waals surface area contributed by atoms with Crippen LogP contribution in [0.5, 0.6) is 0 Å². The number of benzene rings is 1. The van der Waals surface area contributed by atoms with Crippen LogP contribution in [0.3, 0.4) is 0 Å². The van der Waals surface area contributed by atoms with Gasteiger partial charge in [-0.05, 0) is 36.2 Å². The number of imidazole rings is 1. The molecule has 9 heteroatoms. The molecule has 0 bridgehead atoms.